The minimum absolute atomic E-state index is 0.00501. The van der Waals surface area contributed by atoms with Crippen molar-refractivity contribution < 1.29 is 18.0 Å². The molecular weight excluding hydrogens is 378 g/mol. The maximum atomic E-state index is 12.9. The van der Waals surface area contributed by atoms with Gasteiger partial charge in [0.05, 0.1) is 10.6 Å². The van der Waals surface area contributed by atoms with Crippen molar-refractivity contribution in [3.8, 4) is 0 Å². The molecule has 2 rings (SSSR count). The number of carbonyl (C=O) groups excluding carboxylic acids is 2. The molecular formula is C20H25N3O4S. The third-order valence-electron chi connectivity index (χ3n) is 4.16. The lowest BCUT2D eigenvalue weighted by atomic mass is 10.2. The average Bonchev–Trinajstić information content (AvgIpc) is 2.71. The Morgan fingerprint density at radius 2 is 1.75 bits per heavy atom. The van der Waals surface area contributed by atoms with Gasteiger partial charge >= 0.3 is 0 Å². The first-order chi connectivity index (χ1) is 13.3. The molecule has 1 atom stereocenters. The summed E-state index contributed by atoms with van der Waals surface area (Å²) in [7, 11) is -2.37. The molecule has 7 nitrogen and oxygen atoms in total. The highest BCUT2D eigenvalue weighted by Crippen LogP contribution is 2.22. The van der Waals surface area contributed by atoms with E-state index in [1.54, 1.807) is 37.3 Å². The van der Waals surface area contributed by atoms with Gasteiger partial charge in [0.25, 0.3) is 15.9 Å². The van der Waals surface area contributed by atoms with Crippen molar-refractivity contribution in [3.63, 3.8) is 0 Å². The Balaban J connectivity index is 2.19. The summed E-state index contributed by atoms with van der Waals surface area (Å²) in [5.41, 5.74) is 0.677. The van der Waals surface area contributed by atoms with Gasteiger partial charge in [-0.15, -0.1) is 0 Å². The van der Waals surface area contributed by atoms with Crippen LogP contribution in [0.5, 0.6) is 0 Å². The lowest BCUT2D eigenvalue weighted by molar-refractivity contribution is -0.122. The fourth-order valence-corrected chi connectivity index (χ4v) is 3.72. The van der Waals surface area contributed by atoms with Crippen molar-refractivity contribution in [2.24, 2.45) is 0 Å². The fourth-order valence-electron chi connectivity index (χ4n) is 2.48. The lowest BCUT2D eigenvalue weighted by Gasteiger charge is -2.20. The highest BCUT2D eigenvalue weighted by molar-refractivity contribution is 7.92. The first-order valence-electron chi connectivity index (χ1n) is 9.00. The van der Waals surface area contributed by atoms with E-state index in [0.29, 0.717) is 12.2 Å². The average molecular weight is 404 g/mol. The highest BCUT2D eigenvalue weighted by atomic mass is 32.2. The molecule has 0 aromatic heterocycles. The Bertz CT molecular complexity index is 929. The standard InChI is InChI=1S/C20H25N3O4S/c1-4-13-21-19(24)15(2)22-20(25)16-9-8-12-18(14-16)28(26,27)23(3)17-10-6-5-7-11-17/h5-12,14-15H,4,13H2,1-3H3,(H,21,24)(H,22,25)/t15-/m1/s1. The summed E-state index contributed by atoms with van der Waals surface area (Å²) in [6.07, 6.45) is 0.793. The summed E-state index contributed by atoms with van der Waals surface area (Å²) in [5, 5.41) is 5.29. The van der Waals surface area contributed by atoms with E-state index < -0.39 is 22.0 Å². The molecule has 2 N–H and O–H groups in total. The van der Waals surface area contributed by atoms with E-state index in [1.807, 2.05) is 6.92 Å². The summed E-state index contributed by atoms with van der Waals surface area (Å²) in [6, 6.07) is 13.7. The van der Waals surface area contributed by atoms with Gasteiger partial charge in [-0.1, -0.05) is 31.2 Å². The number of anilines is 1. The SMILES string of the molecule is CCCNC(=O)[C@@H](C)NC(=O)c1cccc(S(=O)(=O)N(C)c2ccccc2)c1. The van der Waals surface area contributed by atoms with Crippen LogP contribution in [-0.4, -0.2) is 39.9 Å². The predicted octanol–water partition coefficient (Wildman–Crippen LogP) is 2.16. The molecule has 0 radical (unpaired) electrons. The second kappa shape index (κ2) is 9.36. The number of para-hydroxylation sites is 1. The highest BCUT2D eigenvalue weighted by Gasteiger charge is 2.23. The molecule has 2 amide bonds. The maximum absolute atomic E-state index is 12.9. The zero-order chi connectivity index (χ0) is 20.7. The molecule has 0 unspecified atom stereocenters. The van der Waals surface area contributed by atoms with Gasteiger partial charge in [0, 0.05) is 19.2 Å². The lowest BCUT2D eigenvalue weighted by Crippen LogP contribution is -2.45. The first kappa shape index (κ1) is 21.4. The number of nitrogens with zero attached hydrogens (tertiary/aromatic N) is 1. The monoisotopic (exact) mass is 403 g/mol. The number of hydrogen-bond donors (Lipinski definition) is 2. The number of hydrogen-bond acceptors (Lipinski definition) is 4. The van der Waals surface area contributed by atoms with E-state index >= 15 is 0 Å². The van der Waals surface area contributed by atoms with Gasteiger partial charge in [0.2, 0.25) is 5.91 Å². The van der Waals surface area contributed by atoms with Gasteiger partial charge in [-0.2, -0.15) is 0 Å². The number of nitrogens with one attached hydrogen (secondary N) is 2. The van der Waals surface area contributed by atoms with Gasteiger partial charge in [-0.25, -0.2) is 8.42 Å². The van der Waals surface area contributed by atoms with Gasteiger partial charge < -0.3 is 10.6 Å². The van der Waals surface area contributed by atoms with Gasteiger partial charge in [0.15, 0.2) is 0 Å². The summed E-state index contributed by atoms with van der Waals surface area (Å²) >= 11 is 0. The van der Waals surface area contributed by atoms with Crippen LogP contribution >= 0.6 is 0 Å². The first-order valence-corrected chi connectivity index (χ1v) is 10.4. The molecule has 0 spiro atoms. The zero-order valence-corrected chi connectivity index (χ0v) is 17.0. The topological polar surface area (TPSA) is 95.6 Å². The molecule has 0 saturated carbocycles. The fraction of sp³-hybridized carbons (Fsp3) is 0.300. The van der Waals surface area contributed by atoms with Crippen LogP contribution in [0.1, 0.15) is 30.6 Å². The number of carbonyl (C=O) groups is 2. The van der Waals surface area contributed by atoms with Crippen LogP contribution in [0.3, 0.4) is 0 Å². The normalized spacial score (nSPS) is 12.1. The van der Waals surface area contributed by atoms with Crippen LogP contribution in [0.15, 0.2) is 59.5 Å². The zero-order valence-electron chi connectivity index (χ0n) is 16.2. The van der Waals surface area contributed by atoms with E-state index in [4.69, 9.17) is 0 Å². The van der Waals surface area contributed by atoms with E-state index in [0.717, 1.165) is 10.7 Å². The minimum Gasteiger partial charge on any atom is -0.354 e. The Morgan fingerprint density at radius 1 is 1.07 bits per heavy atom. The Labute approximate surface area is 165 Å². The Hall–Kier alpha value is -2.87. The summed E-state index contributed by atoms with van der Waals surface area (Å²) in [4.78, 5) is 24.4. The quantitative estimate of drug-likeness (QED) is 0.706. The molecule has 0 heterocycles. The van der Waals surface area contributed by atoms with E-state index in [1.165, 1.54) is 31.3 Å². The van der Waals surface area contributed by atoms with Crippen LogP contribution < -0.4 is 14.9 Å². The Kier molecular flexibility index (Phi) is 7.17. The van der Waals surface area contributed by atoms with Crippen molar-refractivity contribution in [1.82, 2.24) is 10.6 Å². The van der Waals surface area contributed by atoms with Gasteiger partial charge in [0.1, 0.15) is 6.04 Å². The van der Waals surface area contributed by atoms with Crippen molar-refractivity contribution in [1.29, 1.82) is 0 Å². The van der Waals surface area contributed by atoms with Crippen LogP contribution in [-0.2, 0) is 14.8 Å². The molecule has 8 heteroatoms. The second-order valence-electron chi connectivity index (χ2n) is 6.32. The summed E-state index contributed by atoms with van der Waals surface area (Å²) < 4.78 is 26.9. The minimum atomic E-state index is -3.83. The van der Waals surface area contributed by atoms with Crippen LogP contribution in [0.25, 0.3) is 0 Å². The summed E-state index contributed by atoms with van der Waals surface area (Å²) in [5.74, 6) is -0.804. The number of amides is 2. The molecule has 0 fully saturated rings. The number of sulfonamides is 1. The van der Waals surface area contributed by atoms with Crippen molar-refractivity contribution >= 4 is 27.5 Å². The number of benzene rings is 2. The van der Waals surface area contributed by atoms with Crippen molar-refractivity contribution in [3.05, 3.63) is 60.2 Å². The third kappa shape index (κ3) is 5.10. The molecule has 2 aromatic carbocycles. The molecule has 2 aromatic rings. The smallest absolute Gasteiger partial charge is 0.264 e. The maximum Gasteiger partial charge on any atom is 0.264 e. The van der Waals surface area contributed by atoms with E-state index in [9.17, 15) is 18.0 Å². The molecule has 0 saturated heterocycles. The predicted molar refractivity (Wildman–Crippen MR) is 109 cm³/mol. The summed E-state index contributed by atoms with van der Waals surface area (Å²) in [6.45, 7) is 4.03. The molecule has 150 valence electrons. The molecule has 0 aliphatic heterocycles. The van der Waals surface area contributed by atoms with Gasteiger partial charge in [-0.05, 0) is 43.7 Å². The largest absolute Gasteiger partial charge is 0.354 e. The van der Waals surface area contributed by atoms with Crippen molar-refractivity contribution in [2.45, 2.75) is 31.2 Å². The number of rotatable bonds is 8. The van der Waals surface area contributed by atoms with Gasteiger partial charge in [-0.3, -0.25) is 13.9 Å². The molecule has 28 heavy (non-hydrogen) atoms. The van der Waals surface area contributed by atoms with E-state index in [2.05, 4.69) is 10.6 Å². The third-order valence-corrected chi connectivity index (χ3v) is 5.95. The molecule has 0 aliphatic carbocycles. The van der Waals surface area contributed by atoms with E-state index in [-0.39, 0.29) is 16.4 Å². The molecule has 0 bridgehead atoms. The second-order valence-corrected chi connectivity index (χ2v) is 8.29. The van der Waals surface area contributed by atoms with Crippen LogP contribution in [0.2, 0.25) is 0 Å². The van der Waals surface area contributed by atoms with Crippen LogP contribution in [0.4, 0.5) is 5.69 Å². The van der Waals surface area contributed by atoms with Crippen molar-refractivity contribution in [2.75, 3.05) is 17.9 Å². The van der Waals surface area contributed by atoms with Crippen LogP contribution in [0, 0.1) is 0 Å². The molecule has 0 aliphatic rings. The Morgan fingerprint density at radius 3 is 2.39 bits per heavy atom.